The number of alkyl halides is 3. The van der Waals surface area contributed by atoms with Crippen molar-refractivity contribution in [3.8, 4) is 17.2 Å². The Morgan fingerprint density at radius 3 is 2.07 bits per heavy atom. The first-order valence-corrected chi connectivity index (χ1v) is 8.33. The molecule has 152 valence electrons. The van der Waals surface area contributed by atoms with E-state index in [-0.39, 0.29) is 23.8 Å². The molecule has 0 amide bonds. The lowest BCUT2D eigenvalue weighted by Crippen LogP contribution is -2.36. The third-order valence-electron chi connectivity index (χ3n) is 3.94. The molecule has 2 rings (SSSR count). The monoisotopic (exact) mass is 397 g/mol. The summed E-state index contributed by atoms with van der Waals surface area (Å²) >= 11 is 0. The van der Waals surface area contributed by atoms with E-state index < -0.39 is 11.7 Å². The fourth-order valence-electron chi connectivity index (χ4n) is 2.50. The molecule has 6 nitrogen and oxygen atoms in total. The summed E-state index contributed by atoms with van der Waals surface area (Å²) in [5, 5.41) is 15.9. The summed E-state index contributed by atoms with van der Waals surface area (Å²) in [6.45, 7) is 0.501. The highest BCUT2D eigenvalue weighted by Gasteiger charge is 2.30. The molecule has 2 aromatic carbocycles. The van der Waals surface area contributed by atoms with Crippen LogP contribution in [0.4, 0.5) is 13.2 Å². The molecule has 0 spiro atoms. The number of phenols is 1. The first-order valence-electron chi connectivity index (χ1n) is 8.33. The SMILES string of the molecule is CN=C(NCc1cccc(C(F)(F)F)c1)NCc1cc(OC)c(O)c(OC)c1. The van der Waals surface area contributed by atoms with Gasteiger partial charge in [0.2, 0.25) is 5.75 Å². The Morgan fingerprint density at radius 1 is 1.00 bits per heavy atom. The van der Waals surface area contributed by atoms with Crippen LogP contribution in [0.1, 0.15) is 16.7 Å². The number of methoxy groups -OCH3 is 2. The summed E-state index contributed by atoms with van der Waals surface area (Å²) in [6.07, 6.45) is -4.38. The second kappa shape index (κ2) is 9.20. The molecule has 0 heterocycles. The highest BCUT2D eigenvalue weighted by Crippen LogP contribution is 2.37. The van der Waals surface area contributed by atoms with Crippen molar-refractivity contribution >= 4 is 5.96 Å². The van der Waals surface area contributed by atoms with Crippen LogP contribution in [-0.2, 0) is 19.3 Å². The topological polar surface area (TPSA) is 75.1 Å². The van der Waals surface area contributed by atoms with Gasteiger partial charge in [-0.1, -0.05) is 12.1 Å². The van der Waals surface area contributed by atoms with Crippen LogP contribution in [0, 0.1) is 0 Å². The molecule has 0 radical (unpaired) electrons. The Bertz CT molecular complexity index is 814. The molecule has 9 heteroatoms. The zero-order valence-electron chi connectivity index (χ0n) is 15.7. The number of hydrogen-bond donors (Lipinski definition) is 3. The van der Waals surface area contributed by atoms with Crippen LogP contribution in [0.3, 0.4) is 0 Å². The third kappa shape index (κ3) is 5.45. The minimum atomic E-state index is -4.38. The molecule has 0 saturated heterocycles. The van der Waals surface area contributed by atoms with E-state index in [1.165, 1.54) is 20.3 Å². The van der Waals surface area contributed by atoms with E-state index in [0.29, 0.717) is 18.1 Å². The molecule has 0 unspecified atom stereocenters. The average Bonchev–Trinajstić information content (AvgIpc) is 2.68. The van der Waals surface area contributed by atoms with Gasteiger partial charge in [0.1, 0.15) is 0 Å². The summed E-state index contributed by atoms with van der Waals surface area (Å²) < 4.78 is 48.6. The summed E-state index contributed by atoms with van der Waals surface area (Å²) in [6, 6.07) is 8.38. The smallest absolute Gasteiger partial charge is 0.416 e. The minimum absolute atomic E-state index is 0.0965. The van der Waals surface area contributed by atoms with Gasteiger partial charge in [0, 0.05) is 20.1 Å². The molecule has 3 N–H and O–H groups in total. The van der Waals surface area contributed by atoms with E-state index in [2.05, 4.69) is 15.6 Å². The number of rotatable bonds is 6. The highest BCUT2D eigenvalue weighted by atomic mass is 19.4. The number of aromatic hydroxyl groups is 1. The number of phenolic OH excluding ortho intramolecular Hbond substituents is 1. The zero-order chi connectivity index (χ0) is 20.7. The number of hydrogen-bond acceptors (Lipinski definition) is 4. The summed E-state index contributed by atoms with van der Waals surface area (Å²) in [5.74, 6) is 0.843. The van der Waals surface area contributed by atoms with Crippen molar-refractivity contribution in [1.82, 2.24) is 10.6 Å². The molecule has 28 heavy (non-hydrogen) atoms. The number of aliphatic imine (C=N–C) groups is 1. The molecule has 0 atom stereocenters. The first kappa shape index (κ1) is 21.2. The Balaban J connectivity index is 2.01. The molecule has 2 aromatic rings. The van der Waals surface area contributed by atoms with Crippen molar-refractivity contribution in [3.05, 3.63) is 53.1 Å². The lowest BCUT2D eigenvalue weighted by molar-refractivity contribution is -0.137. The number of halogens is 3. The molecular weight excluding hydrogens is 375 g/mol. The molecule has 0 aliphatic carbocycles. The highest BCUT2D eigenvalue weighted by molar-refractivity contribution is 5.79. The first-order chi connectivity index (χ1) is 13.3. The van der Waals surface area contributed by atoms with E-state index in [1.807, 2.05) is 0 Å². The summed E-state index contributed by atoms with van der Waals surface area (Å²) in [5.41, 5.74) is 0.539. The maximum atomic E-state index is 12.8. The van der Waals surface area contributed by atoms with Gasteiger partial charge in [-0.05, 0) is 35.4 Å². The van der Waals surface area contributed by atoms with Crippen molar-refractivity contribution in [1.29, 1.82) is 0 Å². The second-order valence-corrected chi connectivity index (χ2v) is 5.83. The number of guanidine groups is 1. The van der Waals surface area contributed by atoms with E-state index in [0.717, 1.165) is 17.7 Å². The number of benzene rings is 2. The fraction of sp³-hybridized carbons (Fsp3) is 0.316. The quantitative estimate of drug-likeness (QED) is 0.515. The Labute approximate surface area is 161 Å². The predicted octanol–water partition coefficient (Wildman–Crippen LogP) is 3.29. The molecule has 0 aromatic heterocycles. The van der Waals surface area contributed by atoms with Gasteiger partial charge in [-0.25, -0.2) is 0 Å². The lowest BCUT2D eigenvalue weighted by atomic mass is 10.1. The molecule has 0 saturated carbocycles. The minimum Gasteiger partial charge on any atom is -0.502 e. The molecular formula is C19H22F3N3O3. The number of nitrogens with one attached hydrogen (secondary N) is 2. The summed E-state index contributed by atoms with van der Waals surface area (Å²) in [7, 11) is 4.42. The fourth-order valence-corrected chi connectivity index (χ4v) is 2.50. The molecule has 0 bridgehead atoms. The molecule has 0 fully saturated rings. The number of ether oxygens (including phenoxy) is 2. The predicted molar refractivity (Wildman–Crippen MR) is 99.7 cm³/mol. The van der Waals surface area contributed by atoms with Crippen LogP contribution >= 0.6 is 0 Å². The zero-order valence-corrected chi connectivity index (χ0v) is 15.7. The maximum Gasteiger partial charge on any atom is 0.416 e. The van der Waals surface area contributed by atoms with Gasteiger partial charge in [-0.3, -0.25) is 4.99 Å². The van der Waals surface area contributed by atoms with Crippen LogP contribution in [0.2, 0.25) is 0 Å². The van der Waals surface area contributed by atoms with E-state index in [9.17, 15) is 18.3 Å². The van der Waals surface area contributed by atoms with Gasteiger partial charge >= 0.3 is 6.18 Å². The standard InChI is InChI=1S/C19H22F3N3O3/c1-23-18(24-10-12-5-4-6-14(7-12)19(20,21)22)25-11-13-8-15(27-2)17(26)16(9-13)28-3/h4-9,26H,10-11H2,1-3H3,(H2,23,24,25). The van der Waals surface area contributed by atoms with Gasteiger partial charge in [0.15, 0.2) is 17.5 Å². The third-order valence-corrected chi connectivity index (χ3v) is 3.94. The van der Waals surface area contributed by atoms with Crippen molar-refractivity contribution in [2.45, 2.75) is 19.3 Å². The van der Waals surface area contributed by atoms with E-state index in [1.54, 1.807) is 25.2 Å². The molecule has 0 aliphatic heterocycles. The van der Waals surface area contributed by atoms with Crippen LogP contribution in [0.5, 0.6) is 17.2 Å². The van der Waals surface area contributed by atoms with Gasteiger partial charge in [0.25, 0.3) is 0 Å². The maximum absolute atomic E-state index is 12.8. The van der Waals surface area contributed by atoms with Crippen molar-refractivity contribution in [2.75, 3.05) is 21.3 Å². The normalized spacial score (nSPS) is 11.9. The van der Waals surface area contributed by atoms with Crippen LogP contribution in [0.25, 0.3) is 0 Å². The Kier molecular flexibility index (Phi) is 6.97. The van der Waals surface area contributed by atoms with Crippen LogP contribution < -0.4 is 20.1 Å². The summed E-state index contributed by atoms with van der Waals surface area (Å²) in [4.78, 5) is 4.05. The molecule has 0 aliphatic rings. The van der Waals surface area contributed by atoms with Gasteiger partial charge in [-0.2, -0.15) is 13.2 Å². The van der Waals surface area contributed by atoms with Gasteiger partial charge in [0.05, 0.1) is 19.8 Å². The van der Waals surface area contributed by atoms with E-state index >= 15 is 0 Å². The van der Waals surface area contributed by atoms with Crippen LogP contribution in [0.15, 0.2) is 41.4 Å². The van der Waals surface area contributed by atoms with Crippen molar-refractivity contribution in [2.24, 2.45) is 4.99 Å². The van der Waals surface area contributed by atoms with Crippen LogP contribution in [-0.4, -0.2) is 32.3 Å². The lowest BCUT2D eigenvalue weighted by Gasteiger charge is -2.15. The van der Waals surface area contributed by atoms with Crippen molar-refractivity contribution in [3.63, 3.8) is 0 Å². The van der Waals surface area contributed by atoms with Gasteiger partial charge in [-0.15, -0.1) is 0 Å². The largest absolute Gasteiger partial charge is 0.502 e. The Hall–Kier alpha value is -3.10. The Morgan fingerprint density at radius 2 is 1.57 bits per heavy atom. The van der Waals surface area contributed by atoms with Crippen molar-refractivity contribution < 1.29 is 27.8 Å². The van der Waals surface area contributed by atoms with E-state index in [4.69, 9.17) is 9.47 Å². The van der Waals surface area contributed by atoms with Gasteiger partial charge < -0.3 is 25.2 Å². The number of nitrogens with zero attached hydrogens (tertiary/aromatic N) is 1. The second-order valence-electron chi connectivity index (χ2n) is 5.83. The average molecular weight is 397 g/mol.